The number of aryl methyl sites for hydroxylation is 1. The number of carbonyl (C=O) groups is 1. The van der Waals surface area contributed by atoms with Crippen molar-refractivity contribution >= 4 is 39.2 Å². The van der Waals surface area contributed by atoms with Crippen LogP contribution in [0.4, 0.5) is 11.8 Å². The molecule has 0 unspecified atom stereocenters. The normalized spacial score (nSPS) is 15.4. The van der Waals surface area contributed by atoms with Crippen molar-refractivity contribution in [2.45, 2.75) is 26.2 Å². The predicted octanol–water partition coefficient (Wildman–Crippen LogP) is 2.01. The Morgan fingerprint density at radius 3 is 2.90 bits per heavy atom. The van der Waals surface area contributed by atoms with Crippen molar-refractivity contribution in [1.29, 1.82) is 0 Å². The molecule has 0 radical (unpaired) electrons. The second-order valence-electron chi connectivity index (χ2n) is 5.30. The Balaban J connectivity index is 1.74. The largest absolute Gasteiger partial charge is 0.368 e. The number of anilines is 2. The Morgan fingerprint density at radius 1 is 1.38 bits per heavy atom. The van der Waals surface area contributed by atoms with Crippen LogP contribution in [0.5, 0.6) is 0 Å². The summed E-state index contributed by atoms with van der Waals surface area (Å²) >= 11 is 1.58. The van der Waals surface area contributed by atoms with E-state index in [1.54, 1.807) is 11.3 Å². The maximum Gasteiger partial charge on any atom is 0.241 e. The maximum absolute atomic E-state index is 12.2. The number of fused-ring (bicyclic) bond motifs is 1. The lowest BCUT2D eigenvalue weighted by molar-refractivity contribution is -0.130. The van der Waals surface area contributed by atoms with Crippen LogP contribution < -0.4 is 11.1 Å². The topological polar surface area (TPSA) is 84.1 Å². The number of thiophene rings is 1. The lowest BCUT2D eigenvalue weighted by Gasteiger charge is -2.26. The van der Waals surface area contributed by atoms with Gasteiger partial charge in [-0.2, -0.15) is 4.98 Å². The number of nitrogens with zero attached hydrogens (tertiary/aromatic N) is 3. The lowest BCUT2D eigenvalue weighted by atomic mass is 10.1. The third kappa shape index (κ3) is 3.07. The molecule has 1 saturated heterocycles. The van der Waals surface area contributed by atoms with Gasteiger partial charge in [-0.25, -0.2) is 4.98 Å². The minimum atomic E-state index is 0.118. The molecule has 2 aromatic rings. The Kier molecular flexibility index (Phi) is 3.92. The van der Waals surface area contributed by atoms with Crippen LogP contribution in [0.15, 0.2) is 6.07 Å². The Hall–Kier alpha value is -1.89. The first kappa shape index (κ1) is 14.1. The van der Waals surface area contributed by atoms with Gasteiger partial charge in [0.1, 0.15) is 10.6 Å². The van der Waals surface area contributed by atoms with Gasteiger partial charge in [0.15, 0.2) is 0 Å². The van der Waals surface area contributed by atoms with Crippen LogP contribution >= 0.6 is 11.3 Å². The quantitative estimate of drug-likeness (QED) is 0.906. The smallest absolute Gasteiger partial charge is 0.241 e. The molecule has 2 aromatic heterocycles. The van der Waals surface area contributed by atoms with Crippen LogP contribution in [0.1, 0.15) is 24.1 Å². The monoisotopic (exact) mass is 305 g/mol. The molecule has 0 aliphatic carbocycles. The number of hydrogen-bond donors (Lipinski definition) is 2. The van der Waals surface area contributed by atoms with Crippen molar-refractivity contribution < 1.29 is 4.79 Å². The van der Waals surface area contributed by atoms with Crippen LogP contribution in [0.25, 0.3) is 10.2 Å². The molecular formula is C14H19N5OS. The molecule has 0 atom stereocenters. The molecule has 0 bridgehead atoms. The van der Waals surface area contributed by atoms with Crippen molar-refractivity contribution in [1.82, 2.24) is 14.9 Å². The molecule has 112 valence electrons. The summed E-state index contributed by atoms with van der Waals surface area (Å²) in [7, 11) is 0. The highest BCUT2D eigenvalue weighted by molar-refractivity contribution is 7.18. The molecule has 1 fully saturated rings. The SMILES string of the molecule is Cc1cc2c(NCC(=O)N3CCCCC3)nc(N)nc2s1. The van der Waals surface area contributed by atoms with Gasteiger partial charge >= 0.3 is 0 Å². The summed E-state index contributed by atoms with van der Waals surface area (Å²) in [5.41, 5.74) is 5.73. The zero-order valence-electron chi connectivity index (χ0n) is 12.1. The number of nitrogens with one attached hydrogen (secondary N) is 1. The van der Waals surface area contributed by atoms with E-state index in [9.17, 15) is 4.79 Å². The van der Waals surface area contributed by atoms with Gasteiger partial charge in [-0.05, 0) is 32.3 Å². The highest BCUT2D eigenvalue weighted by atomic mass is 32.1. The second-order valence-corrected chi connectivity index (χ2v) is 6.54. The maximum atomic E-state index is 12.2. The number of rotatable bonds is 3. The van der Waals surface area contributed by atoms with Crippen LogP contribution in [0.3, 0.4) is 0 Å². The summed E-state index contributed by atoms with van der Waals surface area (Å²) in [6.07, 6.45) is 3.41. The van der Waals surface area contributed by atoms with E-state index in [1.165, 1.54) is 6.42 Å². The van der Waals surface area contributed by atoms with Gasteiger partial charge in [0, 0.05) is 18.0 Å². The zero-order chi connectivity index (χ0) is 14.8. The van der Waals surface area contributed by atoms with Crippen LogP contribution in [-0.2, 0) is 4.79 Å². The van der Waals surface area contributed by atoms with E-state index in [-0.39, 0.29) is 18.4 Å². The van der Waals surface area contributed by atoms with E-state index in [0.717, 1.165) is 41.0 Å². The number of amides is 1. The first-order chi connectivity index (χ1) is 10.1. The number of hydrogen-bond acceptors (Lipinski definition) is 6. The fourth-order valence-electron chi connectivity index (χ4n) is 2.61. The van der Waals surface area contributed by atoms with Crippen molar-refractivity contribution in [2.24, 2.45) is 0 Å². The second kappa shape index (κ2) is 5.85. The summed E-state index contributed by atoms with van der Waals surface area (Å²) in [5.74, 6) is 0.997. The van der Waals surface area contributed by atoms with E-state index < -0.39 is 0 Å². The molecule has 3 heterocycles. The molecule has 6 nitrogen and oxygen atoms in total. The molecule has 3 N–H and O–H groups in total. The molecule has 21 heavy (non-hydrogen) atoms. The fourth-order valence-corrected chi connectivity index (χ4v) is 3.49. The standard InChI is InChI=1S/C14H19N5OS/c1-9-7-10-12(17-14(15)18-13(10)21-9)16-8-11(20)19-5-3-2-4-6-19/h7H,2-6,8H2,1H3,(H3,15,16,17,18). The molecule has 3 rings (SSSR count). The molecular weight excluding hydrogens is 286 g/mol. The van der Waals surface area contributed by atoms with Crippen molar-refractivity contribution in [3.63, 3.8) is 0 Å². The van der Waals surface area contributed by atoms with E-state index in [1.807, 2.05) is 17.9 Å². The highest BCUT2D eigenvalue weighted by Crippen LogP contribution is 2.28. The minimum absolute atomic E-state index is 0.118. The average molecular weight is 305 g/mol. The van der Waals surface area contributed by atoms with E-state index in [2.05, 4.69) is 15.3 Å². The first-order valence-corrected chi connectivity index (χ1v) is 8.00. The zero-order valence-corrected chi connectivity index (χ0v) is 12.9. The number of carbonyl (C=O) groups excluding carboxylic acids is 1. The van der Waals surface area contributed by atoms with Crippen LogP contribution in [0.2, 0.25) is 0 Å². The number of nitrogen functional groups attached to an aromatic ring is 1. The summed E-state index contributed by atoms with van der Waals surface area (Å²) in [6, 6.07) is 2.02. The van der Waals surface area contributed by atoms with Crippen molar-refractivity contribution in [2.75, 3.05) is 30.7 Å². The van der Waals surface area contributed by atoms with Gasteiger partial charge in [0.2, 0.25) is 11.9 Å². The van der Waals surface area contributed by atoms with Gasteiger partial charge in [0.25, 0.3) is 0 Å². The van der Waals surface area contributed by atoms with Gasteiger partial charge in [0.05, 0.1) is 11.9 Å². The Morgan fingerprint density at radius 2 is 2.14 bits per heavy atom. The van der Waals surface area contributed by atoms with Gasteiger partial charge < -0.3 is 16.0 Å². The van der Waals surface area contributed by atoms with Crippen LogP contribution in [0, 0.1) is 6.92 Å². The van der Waals surface area contributed by atoms with E-state index in [0.29, 0.717) is 5.82 Å². The molecule has 0 spiro atoms. The first-order valence-electron chi connectivity index (χ1n) is 7.19. The number of likely N-dealkylation sites (tertiary alicyclic amines) is 1. The number of piperidine rings is 1. The summed E-state index contributed by atoms with van der Waals surface area (Å²) in [6.45, 7) is 3.99. The molecule has 1 amide bonds. The van der Waals surface area contributed by atoms with Gasteiger partial charge in [-0.1, -0.05) is 0 Å². The minimum Gasteiger partial charge on any atom is -0.368 e. The van der Waals surface area contributed by atoms with Crippen LogP contribution in [-0.4, -0.2) is 40.4 Å². The Labute approximate surface area is 127 Å². The Bertz CT molecular complexity index is 663. The highest BCUT2D eigenvalue weighted by Gasteiger charge is 2.17. The molecule has 1 aliphatic heterocycles. The summed E-state index contributed by atoms with van der Waals surface area (Å²) in [5, 5.41) is 4.05. The van der Waals surface area contributed by atoms with Gasteiger partial charge in [-0.3, -0.25) is 4.79 Å². The van der Waals surface area contributed by atoms with Gasteiger partial charge in [-0.15, -0.1) is 11.3 Å². The predicted molar refractivity (Wildman–Crippen MR) is 85.5 cm³/mol. The fraction of sp³-hybridized carbons (Fsp3) is 0.500. The third-order valence-corrected chi connectivity index (χ3v) is 4.59. The molecule has 7 heteroatoms. The molecule has 0 saturated carbocycles. The van der Waals surface area contributed by atoms with Crippen molar-refractivity contribution in [3.8, 4) is 0 Å². The third-order valence-electron chi connectivity index (χ3n) is 3.65. The van der Waals surface area contributed by atoms with E-state index in [4.69, 9.17) is 5.73 Å². The van der Waals surface area contributed by atoms with Crippen molar-refractivity contribution in [3.05, 3.63) is 10.9 Å². The lowest BCUT2D eigenvalue weighted by Crippen LogP contribution is -2.39. The average Bonchev–Trinajstić information content (AvgIpc) is 2.85. The molecule has 1 aliphatic rings. The number of nitrogens with two attached hydrogens (primary N) is 1. The summed E-state index contributed by atoms with van der Waals surface area (Å²) in [4.78, 5) is 24.6. The number of aromatic nitrogens is 2. The molecule has 0 aromatic carbocycles. The van der Waals surface area contributed by atoms with E-state index >= 15 is 0 Å². The summed E-state index contributed by atoms with van der Waals surface area (Å²) < 4.78 is 0.